The minimum Gasteiger partial charge on any atom is -0.316 e. The van der Waals surface area contributed by atoms with Crippen molar-refractivity contribution >= 4 is 11.6 Å². The molecule has 0 radical (unpaired) electrons. The highest BCUT2D eigenvalue weighted by Crippen LogP contribution is 2.34. The monoisotopic (exact) mass is 208 g/mol. The Kier molecular flexibility index (Phi) is 2.44. The average Bonchev–Trinajstić information content (AvgIpc) is 2.44. The lowest BCUT2D eigenvalue weighted by atomic mass is 10.1. The van der Waals surface area contributed by atoms with Gasteiger partial charge in [-0.2, -0.15) is 0 Å². The van der Waals surface area contributed by atoms with Gasteiger partial charge in [-0.1, -0.05) is 13.0 Å². The number of benzene rings is 1. The topological polar surface area (TPSA) is 46.3 Å². The first-order chi connectivity index (χ1) is 7.15. The van der Waals surface area contributed by atoms with Gasteiger partial charge in [-0.3, -0.25) is 4.79 Å². The summed E-state index contributed by atoms with van der Waals surface area (Å²) >= 11 is 0. The summed E-state index contributed by atoms with van der Waals surface area (Å²) in [7, 11) is 0. The second kappa shape index (κ2) is 3.62. The molecule has 0 fully saturated rings. The molecule has 2 rings (SSSR count). The fourth-order valence-electron chi connectivity index (χ4n) is 1.89. The van der Waals surface area contributed by atoms with Crippen LogP contribution in [0.5, 0.6) is 0 Å². The van der Waals surface area contributed by atoms with Crippen LogP contribution in [0.1, 0.15) is 24.9 Å². The molecule has 1 aromatic carbocycles. The Morgan fingerprint density at radius 2 is 2.27 bits per heavy atom. The highest BCUT2D eigenvalue weighted by Gasteiger charge is 2.34. The summed E-state index contributed by atoms with van der Waals surface area (Å²) in [6.07, 6.45) is 0.828. The highest BCUT2D eigenvalue weighted by atomic mass is 19.1. The van der Waals surface area contributed by atoms with E-state index in [9.17, 15) is 9.18 Å². The van der Waals surface area contributed by atoms with Gasteiger partial charge in [-0.15, -0.1) is 0 Å². The van der Waals surface area contributed by atoms with Crippen molar-refractivity contribution in [2.45, 2.75) is 19.4 Å². The summed E-state index contributed by atoms with van der Waals surface area (Å²) < 4.78 is 13.1. The van der Waals surface area contributed by atoms with E-state index in [1.807, 2.05) is 6.92 Å². The molecule has 0 saturated heterocycles. The second-order valence-electron chi connectivity index (χ2n) is 3.67. The van der Waals surface area contributed by atoms with Gasteiger partial charge in [0.15, 0.2) is 0 Å². The van der Waals surface area contributed by atoms with Gasteiger partial charge in [0.2, 0.25) is 5.91 Å². The number of hydrogen-bond acceptors (Lipinski definition) is 2. The number of nitrogens with zero attached hydrogens (tertiary/aromatic N) is 1. The van der Waals surface area contributed by atoms with Crippen molar-refractivity contribution in [1.29, 1.82) is 0 Å². The molecule has 1 atom stereocenters. The van der Waals surface area contributed by atoms with E-state index in [-0.39, 0.29) is 11.7 Å². The largest absolute Gasteiger partial charge is 0.316 e. The molecule has 1 aliphatic heterocycles. The maximum absolute atomic E-state index is 13.1. The Hall–Kier alpha value is -1.42. The SMILES string of the molecule is CCCN1C(=O)C(N)c2ccc(F)cc21. The van der Waals surface area contributed by atoms with Crippen LogP contribution in [0.4, 0.5) is 10.1 Å². The molecule has 2 N–H and O–H groups in total. The molecule has 1 heterocycles. The first-order valence-electron chi connectivity index (χ1n) is 5.01. The number of fused-ring (bicyclic) bond motifs is 1. The number of nitrogens with two attached hydrogens (primary N) is 1. The van der Waals surface area contributed by atoms with E-state index in [0.717, 1.165) is 12.0 Å². The van der Waals surface area contributed by atoms with Crippen LogP contribution < -0.4 is 10.6 Å². The molecule has 4 heteroatoms. The van der Waals surface area contributed by atoms with Crippen LogP contribution in [0.15, 0.2) is 18.2 Å². The van der Waals surface area contributed by atoms with Crippen molar-refractivity contribution in [3.8, 4) is 0 Å². The molecule has 3 nitrogen and oxygen atoms in total. The van der Waals surface area contributed by atoms with Gasteiger partial charge in [0.1, 0.15) is 11.9 Å². The van der Waals surface area contributed by atoms with Gasteiger partial charge >= 0.3 is 0 Å². The minimum atomic E-state index is -0.632. The van der Waals surface area contributed by atoms with Crippen molar-refractivity contribution in [2.24, 2.45) is 5.73 Å². The number of halogens is 1. The van der Waals surface area contributed by atoms with E-state index in [0.29, 0.717) is 12.2 Å². The van der Waals surface area contributed by atoms with Crippen LogP contribution in [-0.4, -0.2) is 12.5 Å². The third-order valence-corrected chi connectivity index (χ3v) is 2.60. The van der Waals surface area contributed by atoms with Crippen LogP contribution in [0.2, 0.25) is 0 Å². The van der Waals surface area contributed by atoms with Crippen molar-refractivity contribution in [3.05, 3.63) is 29.6 Å². The van der Waals surface area contributed by atoms with Crippen LogP contribution in [-0.2, 0) is 4.79 Å². The third-order valence-electron chi connectivity index (χ3n) is 2.60. The van der Waals surface area contributed by atoms with E-state index in [2.05, 4.69) is 0 Å². The van der Waals surface area contributed by atoms with Crippen molar-refractivity contribution in [2.75, 3.05) is 11.4 Å². The second-order valence-corrected chi connectivity index (χ2v) is 3.67. The standard InChI is InChI=1S/C11H13FN2O/c1-2-5-14-9-6-7(12)3-4-8(9)10(13)11(14)15/h3-4,6,10H,2,5,13H2,1H3. The highest BCUT2D eigenvalue weighted by molar-refractivity contribution is 6.04. The van der Waals surface area contributed by atoms with Crippen LogP contribution in [0.3, 0.4) is 0 Å². The number of anilines is 1. The summed E-state index contributed by atoms with van der Waals surface area (Å²) in [5.41, 5.74) is 7.08. The molecule has 0 spiro atoms. The molecule has 0 bridgehead atoms. The zero-order valence-electron chi connectivity index (χ0n) is 8.53. The molecule has 0 aliphatic carbocycles. The van der Waals surface area contributed by atoms with E-state index >= 15 is 0 Å². The molecule has 0 saturated carbocycles. The van der Waals surface area contributed by atoms with Crippen molar-refractivity contribution in [1.82, 2.24) is 0 Å². The van der Waals surface area contributed by atoms with Gasteiger partial charge in [0.25, 0.3) is 0 Å². The molecule has 1 aromatic rings. The fraction of sp³-hybridized carbons (Fsp3) is 0.364. The van der Waals surface area contributed by atoms with Crippen LogP contribution >= 0.6 is 0 Å². The predicted octanol–water partition coefficient (Wildman–Crippen LogP) is 1.58. The zero-order valence-corrected chi connectivity index (χ0v) is 8.53. The third kappa shape index (κ3) is 1.51. The molecule has 0 aromatic heterocycles. The van der Waals surface area contributed by atoms with E-state index < -0.39 is 6.04 Å². The van der Waals surface area contributed by atoms with Gasteiger partial charge in [-0.05, 0) is 18.6 Å². The Morgan fingerprint density at radius 3 is 2.93 bits per heavy atom. The van der Waals surface area contributed by atoms with E-state index in [4.69, 9.17) is 5.73 Å². The Bertz CT molecular complexity index is 406. The molecular formula is C11H13FN2O. The lowest BCUT2D eigenvalue weighted by Crippen LogP contribution is -2.32. The van der Waals surface area contributed by atoms with Gasteiger partial charge in [-0.25, -0.2) is 4.39 Å². The molecule has 15 heavy (non-hydrogen) atoms. The maximum Gasteiger partial charge on any atom is 0.248 e. The summed E-state index contributed by atoms with van der Waals surface area (Å²) in [6.45, 7) is 2.55. The summed E-state index contributed by atoms with van der Waals surface area (Å²) in [6, 6.07) is 3.66. The maximum atomic E-state index is 13.1. The first-order valence-corrected chi connectivity index (χ1v) is 5.01. The summed E-state index contributed by atoms with van der Waals surface area (Å²) in [5.74, 6) is -0.478. The number of hydrogen-bond donors (Lipinski definition) is 1. The lowest BCUT2D eigenvalue weighted by Gasteiger charge is -2.16. The van der Waals surface area contributed by atoms with Gasteiger partial charge in [0.05, 0.1) is 5.69 Å². The molecule has 80 valence electrons. The molecule has 1 unspecified atom stereocenters. The predicted molar refractivity (Wildman–Crippen MR) is 56.0 cm³/mol. The number of amides is 1. The Labute approximate surface area is 87.7 Å². The lowest BCUT2D eigenvalue weighted by molar-refractivity contribution is -0.119. The van der Waals surface area contributed by atoms with E-state index in [1.54, 1.807) is 11.0 Å². The van der Waals surface area contributed by atoms with Crippen LogP contribution in [0.25, 0.3) is 0 Å². The van der Waals surface area contributed by atoms with E-state index in [1.165, 1.54) is 12.1 Å². The summed E-state index contributed by atoms with van der Waals surface area (Å²) in [5, 5.41) is 0. The van der Waals surface area contributed by atoms with Gasteiger partial charge < -0.3 is 10.6 Å². The Balaban J connectivity index is 2.47. The first kappa shape index (κ1) is 10.1. The molecule has 1 aliphatic rings. The number of carbonyl (C=O) groups excluding carboxylic acids is 1. The summed E-state index contributed by atoms with van der Waals surface area (Å²) in [4.78, 5) is 13.3. The zero-order chi connectivity index (χ0) is 11.0. The average molecular weight is 208 g/mol. The number of carbonyl (C=O) groups is 1. The smallest absolute Gasteiger partial charge is 0.248 e. The molecule has 1 amide bonds. The number of rotatable bonds is 2. The fourth-order valence-corrected chi connectivity index (χ4v) is 1.89. The van der Waals surface area contributed by atoms with Crippen molar-refractivity contribution in [3.63, 3.8) is 0 Å². The van der Waals surface area contributed by atoms with Gasteiger partial charge in [0, 0.05) is 12.1 Å². The molecular weight excluding hydrogens is 195 g/mol. The Morgan fingerprint density at radius 1 is 1.53 bits per heavy atom. The minimum absolute atomic E-state index is 0.141. The van der Waals surface area contributed by atoms with Crippen molar-refractivity contribution < 1.29 is 9.18 Å². The quantitative estimate of drug-likeness (QED) is 0.802. The van der Waals surface area contributed by atoms with Crippen LogP contribution in [0, 0.1) is 5.82 Å². The normalized spacial score (nSPS) is 19.5.